The third-order valence-electron chi connectivity index (χ3n) is 6.85. The molecule has 1 aliphatic rings. The molecule has 2 amide bonds. The van der Waals surface area contributed by atoms with E-state index in [1.165, 1.54) is 4.88 Å². The maximum absolute atomic E-state index is 13.7. The van der Waals surface area contributed by atoms with E-state index in [1.54, 1.807) is 23.3 Å². The Morgan fingerprint density at radius 2 is 1.89 bits per heavy atom. The van der Waals surface area contributed by atoms with Crippen LogP contribution in [0.25, 0.3) is 0 Å². The first-order valence-corrected chi connectivity index (χ1v) is 13.3. The molecule has 4 rings (SSSR count). The van der Waals surface area contributed by atoms with Crippen molar-refractivity contribution < 1.29 is 19.1 Å². The maximum atomic E-state index is 13.7. The zero-order valence-corrected chi connectivity index (χ0v) is 22.2. The van der Waals surface area contributed by atoms with Gasteiger partial charge in [0.1, 0.15) is 24.7 Å². The van der Waals surface area contributed by atoms with Crippen LogP contribution < -0.4 is 9.47 Å². The number of hydrogen-bond acceptors (Lipinski definition) is 5. The summed E-state index contributed by atoms with van der Waals surface area (Å²) >= 11 is 1.72. The summed E-state index contributed by atoms with van der Waals surface area (Å²) in [5.41, 5.74) is 2.82. The molecule has 1 aliphatic heterocycles. The smallest absolute Gasteiger partial charge is 0.254 e. The lowest BCUT2D eigenvalue weighted by Gasteiger charge is -2.38. The topological polar surface area (TPSA) is 59.1 Å². The van der Waals surface area contributed by atoms with Crippen LogP contribution in [-0.4, -0.2) is 54.5 Å². The first-order valence-electron chi connectivity index (χ1n) is 12.4. The Hall–Kier alpha value is -3.32. The van der Waals surface area contributed by atoms with Crippen molar-refractivity contribution in [3.8, 4) is 11.5 Å². The summed E-state index contributed by atoms with van der Waals surface area (Å²) in [6.45, 7) is 7.00. The van der Waals surface area contributed by atoms with E-state index in [2.05, 4.69) is 11.4 Å². The van der Waals surface area contributed by atoms with Crippen LogP contribution in [0.4, 0.5) is 0 Å². The molecule has 0 bridgehead atoms. The SMILES string of the molecule is CC[C@H](C)N(CC(=O)N1CCc2sccc2[C@@H]1COc1cccc(OC)c1)C(=O)c1ccc(C)cc1. The second-order valence-corrected chi connectivity index (χ2v) is 10.2. The molecule has 6 nitrogen and oxygen atoms in total. The van der Waals surface area contributed by atoms with E-state index in [1.807, 2.05) is 74.2 Å². The van der Waals surface area contributed by atoms with Gasteiger partial charge in [0, 0.05) is 29.1 Å². The molecule has 1 aromatic heterocycles. The molecule has 0 fully saturated rings. The Labute approximate surface area is 217 Å². The molecule has 0 spiro atoms. The van der Waals surface area contributed by atoms with Crippen LogP contribution in [-0.2, 0) is 11.2 Å². The number of methoxy groups -OCH3 is 1. The van der Waals surface area contributed by atoms with Crippen molar-refractivity contribution >= 4 is 23.2 Å². The molecule has 36 heavy (non-hydrogen) atoms. The Morgan fingerprint density at radius 1 is 1.14 bits per heavy atom. The lowest BCUT2D eigenvalue weighted by molar-refractivity contribution is -0.136. The molecule has 0 aliphatic carbocycles. The van der Waals surface area contributed by atoms with Gasteiger partial charge < -0.3 is 19.3 Å². The van der Waals surface area contributed by atoms with Crippen LogP contribution in [0.5, 0.6) is 11.5 Å². The van der Waals surface area contributed by atoms with E-state index in [0.717, 1.165) is 29.7 Å². The number of hydrogen-bond donors (Lipinski definition) is 0. The highest BCUT2D eigenvalue weighted by molar-refractivity contribution is 7.10. The van der Waals surface area contributed by atoms with Crippen LogP contribution >= 0.6 is 11.3 Å². The highest BCUT2D eigenvalue weighted by Crippen LogP contribution is 2.34. The van der Waals surface area contributed by atoms with Gasteiger partial charge in [0.2, 0.25) is 5.91 Å². The van der Waals surface area contributed by atoms with E-state index in [0.29, 0.717) is 24.5 Å². The van der Waals surface area contributed by atoms with Crippen LogP contribution in [0.3, 0.4) is 0 Å². The predicted octanol–water partition coefficient (Wildman–Crippen LogP) is 5.51. The number of aryl methyl sites for hydroxylation is 1. The van der Waals surface area contributed by atoms with E-state index in [9.17, 15) is 9.59 Å². The largest absolute Gasteiger partial charge is 0.497 e. The number of carbonyl (C=O) groups is 2. The summed E-state index contributed by atoms with van der Waals surface area (Å²) in [5.74, 6) is 1.24. The molecule has 2 heterocycles. The fraction of sp³-hybridized carbons (Fsp3) is 0.379. The van der Waals surface area contributed by atoms with Crippen molar-refractivity contribution in [1.82, 2.24) is 9.80 Å². The lowest BCUT2D eigenvalue weighted by Crippen LogP contribution is -2.49. The lowest BCUT2D eigenvalue weighted by atomic mass is 10.00. The van der Waals surface area contributed by atoms with Gasteiger partial charge in [-0.25, -0.2) is 0 Å². The van der Waals surface area contributed by atoms with E-state index < -0.39 is 0 Å². The number of carbonyl (C=O) groups excluding carboxylic acids is 2. The monoisotopic (exact) mass is 506 g/mol. The van der Waals surface area contributed by atoms with Crippen molar-refractivity contribution in [2.24, 2.45) is 0 Å². The van der Waals surface area contributed by atoms with Crippen LogP contribution in [0.15, 0.2) is 60.0 Å². The summed E-state index contributed by atoms with van der Waals surface area (Å²) in [7, 11) is 1.62. The van der Waals surface area contributed by atoms with Gasteiger partial charge in [-0.2, -0.15) is 0 Å². The number of thiophene rings is 1. The molecule has 0 N–H and O–H groups in total. The van der Waals surface area contributed by atoms with Crippen molar-refractivity contribution in [1.29, 1.82) is 0 Å². The van der Waals surface area contributed by atoms with Crippen LogP contribution in [0.2, 0.25) is 0 Å². The Morgan fingerprint density at radius 3 is 2.61 bits per heavy atom. The van der Waals surface area contributed by atoms with Crippen LogP contribution in [0, 0.1) is 6.92 Å². The van der Waals surface area contributed by atoms with Gasteiger partial charge in [-0.05, 0) is 68.0 Å². The quantitative estimate of drug-likeness (QED) is 0.384. The molecule has 2 atom stereocenters. The molecule has 0 unspecified atom stereocenters. The zero-order valence-electron chi connectivity index (χ0n) is 21.4. The highest BCUT2D eigenvalue weighted by Gasteiger charge is 2.34. The van der Waals surface area contributed by atoms with Gasteiger partial charge in [0.15, 0.2) is 0 Å². The van der Waals surface area contributed by atoms with Crippen molar-refractivity contribution in [3.63, 3.8) is 0 Å². The van der Waals surface area contributed by atoms with Crippen molar-refractivity contribution in [3.05, 3.63) is 81.5 Å². The summed E-state index contributed by atoms with van der Waals surface area (Å²) in [4.78, 5) is 32.0. The fourth-order valence-electron chi connectivity index (χ4n) is 4.49. The van der Waals surface area contributed by atoms with Crippen molar-refractivity contribution in [2.75, 3.05) is 26.8 Å². The molecule has 2 aromatic carbocycles. The summed E-state index contributed by atoms with van der Waals surface area (Å²) in [5, 5.41) is 2.07. The average Bonchev–Trinajstić information content (AvgIpc) is 3.39. The van der Waals surface area contributed by atoms with Gasteiger partial charge in [0.05, 0.1) is 13.2 Å². The molecular weight excluding hydrogens is 472 g/mol. The number of rotatable bonds is 9. The minimum absolute atomic E-state index is 0.0385. The molecule has 0 saturated carbocycles. The molecular formula is C29H34N2O4S. The Bertz CT molecular complexity index is 1190. The van der Waals surface area contributed by atoms with Gasteiger partial charge in [-0.3, -0.25) is 9.59 Å². The Kier molecular flexibility index (Phi) is 8.31. The summed E-state index contributed by atoms with van der Waals surface area (Å²) in [6, 6.07) is 16.8. The number of ether oxygens (including phenoxy) is 2. The summed E-state index contributed by atoms with van der Waals surface area (Å²) in [6.07, 6.45) is 1.57. The second kappa shape index (κ2) is 11.6. The normalized spacial score (nSPS) is 15.7. The van der Waals surface area contributed by atoms with E-state index in [-0.39, 0.29) is 30.4 Å². The highest BCUT2D eigenvalue weighted by atomic mass is 32.1. The number of amides is 2. The van der Waals surface area contributed by atoms with Gasteiger partial charge in [0.25, 0.3) is 5.91 Å². The average molecular weight is 507 g/mol. The standard InChI is InChI=1S/C29H34N2O4S/c1-5-21(3)31(29(33)22-11-9-20(2)10-12-22)18-28(32)30-15-13-27-25(14-16-36-27)26(30)19-35-24-8-6-7-23(17-24)34-4/h6-12,14,16-17,21,26H,5,13,15,18-19H2,1-4H3/t21-,26-/m0/s1. The van der Waals surface area contributed by atoms with Crippen LogP contribution in [0.1, 0.15) is 52.7 Å². The maximum Gasteiger partial charge on any atom is 0.254 e. The fourth-order valence-corrected chi connectivity index (χ4v) is 5.42. The molecule has 7 heteroatoms. The van der Waals surface area contributed by atoms with Gasteiger partial charge >= 0.3 is 0 Å². The van der Waals surface area contributed by atoms with Gasteiger partial charge in [-0.15, -0.1) is 11.3 Å². The molecule has 0 saturated heterocycles. The molecule has 190 valence electrons. The predicted molar refractivity (Wildman–Crippen MR) is 143 cm³/mol. The third-order valence-corrected chi connectivity index (χ3v) is 7.85. The molecule has 3 aromatic rings. The first-order chi connectivity index (χ1) is 17.4. The molecule has 0 radical (unpaired) electrons. The minimum atomic E-state index is -0.216. The summed E-state index contributed by atoms with van der Waals surface area (Å²) < 4.78 is 11.5. The minimum Gasteiger partial charge on any atom is -0.497 e. The third kappa shape index (κ3) is 5.73. The first kappa shape index (κ1) is 25.8. The van der Waals surface area contributed by atoms with E-state index in [4.69, 9.17) is 9.47 Å². The number of fused-ring (bicyclic) bond motifs is 1. The van der Waals surface area contributed by atoms with Crippen molar-refractivity contribution in [2.45, 2.75) is 45.7 Å². The Balaban J connectivity index is 1.54. The number of benzene rings is 2. The zero-order chi connectivity index (χ0) is 25.7. The van der Waals surface area contributed by atoms with E-state index >= 15 is 0 Å². The second-order valence-electron chi connectivity index (χ2n) is 9.20. The van der Waals surface area contributed by atoms with Gasteiger partial charge in [-0.1, -0.05) is 30.7 Å². The number of nitrogens with zero attached hydrogens (tertiary/aromatic N) is 2.